The molecule has 58 heavy (non-hydrogen) atoms. The zero-order chi connectivity index (χ0) is 37.7. The van der Waals surface area contributed by atoms with Crippen LogP contribution in [0.25, 0.3) is 96.4 Å². The lowest BCUT2D eigenvalue weighted by Gasteiger charge is -2.61. The van der Waals surface area contributed by atoms with Gasteiger partial charge < -0.3 is 0 Å². The summed E-state index contributed by atoms with van der Waals surface area (Å²) in [4.78, 5) is 16.4. The van der Waals surface area contributed by atoms with Crippen molar-refractivity contribution in [2.24, 2.45) is 23.7 Å². The van der Waals surface area contributed by atoms with Crippen LogP contribution in [0, 0.1) is 23.7 Å². The monoisotopic (exact) mass is 779 g/mol. The van der Waals surface area contributed by atoms with Gasteiger partial charge in [-0.15, -0.1) is 22.7 Å². The molecule has 4 bridgehead atoms. The van der Waals surface area contributed by atoms with Gasteiger partial charge in [0.2, 0.25) is 0 Å². The summed E-state index contributed by atoms with van der Waals surface area (Å²) >= 11 is 3.66. The molecule has 0 N–H and O–H groups in total. The maximum atomic E-state index is 5.48. The van der Waals surface area contributed by atoms with Gasteiger partial charge in [0.1, 0.15) is 0 Å². The fourth-order valence-electron chi connectivity index (χ4n) is 12.7. The maximum absolute atomic E-state index is 5.48. The van der Waals surface area contributed by atoms with E-state index in [4.69, 9.17) is 15.0 Å². The summed E-state index contributed by atoms with van der Waals surface area (Å²) in [6.45, 7) is 0. The van der Waals surface area contributed by atoms with Gasteiger partial charge in [-0.1, -0.05) is 109 Å². The van der Waals surface area contributed by atoms with Crippen LogP contribution in [0.4, 0.5) is 0 Å². The van der Waals surface area contributed by atoms with E-state index in [1.165, 1.54) is 99.9 Å². The molecule has 10 aromatic rings. The zero-order valence-electron chi connectivity index (χ0n) is 31.8. The van der Waals surface area contributed by atoms with Crippen LogP contribution in [0.15, 0.2) is 140 Å². The molecule has 3 nitrogen and oxygen atoms in total. The van der Waals surface area contributed by atoms with E-state index >= 15 is 0 Å². The summed E-state index contributed by atoms with van der Waals surface area (Å²) in [5.41, 5.74) is 9.22. The summed E-state index contributed by atoms with van der Waals surface area (Å²) in [5.74, 6) is 5.31. The van der Waals surface area contributed by atoms with Gasteiger partial charge in [-0.3, -0.25) is 0 Å². The molecular formula is C53H37N3S2. The first kappa shape index (κ1) is 32.2. The predicted octanol–water partition coefficient (Wildman–Crippen LogP) is 14.5. The Hall–Kier alpha value is -5.75. The lowest BCUT2D eigenvalue weighted by Crippen LogP contribution is -2.55. The minimum atomic E-state index is 0.0299. The molecule has 7 aromatic carbocycles. The molecule has 1 spiro atoms. The van der Waals surface area contributed by atoms with Gasteiger partial charge in [-0.05, 0) is 119 Å². The van der Waals surface area contributed by atoms with Gasteiger partial charge in [0, 0.05) is 62.4 Å². The SMILES string of the molecule is c1ccc2c3c(ccc2c1)C1(c2cc(-c4nc(-c5cccc6c5sc5ccccc56)nc(-c5cccc6c5sc5ccccc56)n4)ccc2-3)C2CC3CC(C2)CC1C3. The Balaban J connectivity index is 1.03. The average molecular weight is 780 g/mol. The molecule has 5 heteroatoms. The van der Waals surface area contributed by atoms with Gasteiger partial charge in [0.15, 0.2) is 17.5 Å². The van der Waals surface area contributed by atoms with Crippen molar-refractivity contribution >= 4 is 73.8 Å². The zero-order valence-corrected chi connectivity index (χ0v) is 33.4. The number of hydrogen-bond donors (Lipinski definition) is 0. The smallest absolute Gasteiger partial charge is 0.165 e. The molecule has 15 rings (SSSR count). The quantitative estimate of drug-likeness (QED) is 0.179. The first-order valence-corrected chi connectivity index (χ1v) is 22.6. The molecule has 0 amide bonds. The van der Waals surface area contributed by atoms with E-state index in [1.54, 1.807) is 5.56 Å². The van der Waals surface area contributed by atoms with E-state index < -0.39 is 0 Å². The molecule has 5 aliphatic carbocycles. The van der Waals surface area contributed by atoms with E-state index in [0.717, 1.165) is 46.0 Å². The Morgan fingerprint density at radius 2 is 0.983 bits per heavy atom. The molecular weight excluding hydrogens is 743 g/mol. The minimum Gasteiger partial charge on any atom is -0.208 e. The van der Waals surface area contributed by atoms with Crippen molar-refractivity contribution in [2.75, 3.05) is 0 Å². The van der Waals surface area contributed by atoms with Crippen LogP contribution in [0.1, 0.15) is 43.2 Å². The number of rotatable bonds is 3. The summed E-state index contributed by atoms with van der Waals surface area (Å²) in [7, 11) is 0. The van der Waals surface area contributed by atoms with E-state index in [-0.39, 0.29) is 5.41 Å². The van der Waals surface area contributed by atoms with Crippen LogP contribution in [-0.2, 0) is 5.41 Å². The van der Waals surface area contributed by atoms with Gasteiger partial charge in [-0.2, -0.15) is 0 Å². The van der Waals surface area contributed by atoms with E-state index in [2.05, 4.69) is 140 Å². The second-order valence-corrected chi connectivity index (χ2v) is 19.6. The Kier molecular flexibility index (Phi) is 6.49. The lowest BCUT2D eigenvalue weighted by molar-refractivity contribution is -0.0399. The maximum Gasteiger partial charge on any atom is 0.165 e. The van der Waals surface area contributed by atoms with Crippen molar-refractivity contribution in [1.82, 2.24) is 15.0 Å². The fraction of sp³-hybridized carbons (Fsp3) is 0.189. The average Bonchev–Trinajstić information content (AvgIpc) is 3.93. The third kappa shape index (κ3) is 4.25. The van der Waals surface area contributed by atoms with Crippen LogP contribution in [0.2, 0.25) is 0 Å². The highest BCUT2D eigenvalue weighted by Crippen LogP contribution is 2.70. The molecule has 276 valence electrons. The Bertz CT molecular complexity index is 3230. The molecule has 0 saturated heterocycles. The summed E-state index contributed by atoms with van der Waals surface area (Å²) < 4.78 is 4.99. The van der Waals surface area contributed by atoms with E-state index in [0.29, 0.717) is 11.8 Å². The molecule has 0 unspecified atom stereocenters. The van der Waals surface area contributed by atoms with Crippen molar-refractivity contribution in [2.45, 2.75) is 37.5 Å². The van der Waals surface area contributed by atoms with Crippen molar-refractivity contribution in [3.63, 3.8) is 0 Å². The predicted molar refractivity (Wildman–Crippen MR) is 243 cm³/mol. The Morgan fingerprint density at radius 3 is 1.62 bits per heavy atom. The number of thiophene rings is 2. The highest BCUT2D eigenvalue weighted by molar-refractivity contribution is 7.26. The van der Waals surface area contributed by atoms with Crippen LogP contribution in [-0.4, -0.2) is 15.0 Å². The normalized spacial score (nSPS) is 22.9. The molecule has 3 heterocycles. The van der Waals surface area contributed by atoms with Gasteiger partial charge in [-0.25, -0.2) is 15.0 Å². The van der Waals surface area contributed by atoms with E-state index in [9.17, 15) is 0 Å². The second kappa shape index (κ2) is 11.7. The summed E-state index contributed by atoms with van der Waals surface area (Å²) in [6, 6.07) is 51.9. The minimum absolute atomic E-state index is 0.0299. The topological polar surface area (TPSA) is 38.7 Å². The van der Waals surface area contributed by atoms with Crippen LogP contribution in [0.3, 0.4) is 0 Å². The highest BCUT2D eigenvalue weighted by atomic mass is 32.1. The molecule has 4 saturated carbocycles. The number of fused-ring (bicyclic) bond motifs is 11. The summed E-state index contributed by atoms with van der Waals surface area (Å²) in [5, 5.41) is 7.77. The standard InChI is InChI=1S/C53H37N3S2/c1-2-10-35-31(9-1)20-22-43-47(35)40-21-19-32(28-44(40)53(43)33-24-29-23-30(26-33)27-34(53)25-29)50-54-51(41-15-7-13-38-36-11-3-5-17-45(36)57-48(38)41)56-52(55-50)42-16-8-14-39-37-12-4-6-18-46(37)58-49(39)42/h1-22,28-30,33-34H,23-27H2. The molecule has 5 aliphatic rings. The number of nitrogens with zero attached hydrogens (tertiary/aromatic N) is 3. The van der Waals surface area contributed by atoms with Crippen LogP contribution < -0.4 is 0 Å². The molecule has 0 radical (unpaired) electrons. The van der Waals surface area contributed by atoms with Crippen molar-refractivity contribution in [3.05, 3.63) is 151 Å². The van der Waals surface area contributed by atoms with Crippen LogP contribution >= 0.6 is 22.7 Å². The third-order valence-corrected chi connectivity index (χ3v) is 17.2. The van der Waals surface area contributed by atoms with Crippen molar-refractivity contribution in [3.8, 4) is 45.3 Å². The largest absolute Gasteiger partial charge is 0.208 e. The molecule has 3 aromatic heterocycles. The van der Waals surface area contributed by atoms with Crippen molar-refractivity contribution < 1.29 is 0 Å². The van der Waals surface area contributed by atoms with Gasteiger partial charge >= 0.3 is 0 Å². The first-order chi connectivity index (χ1) is 28.7. The van der Waals surface area contributed by atoms with Gasteiger partial charge in [0.05, 0.1) is 0 Å². The first-order valence-electron chi connectivity index (χ1n) is 20.9. The Morgan fingerprint density at radius 1 is 0.431 bits per heavy atom. The number of aromatic nitrogens is 3. The summed E-state index contributed by atoms with van der Waals surface area (Å²) in [6.07, 6.45) is 6.83. The van der Waals surface area contributed by atoms with E-state index in [1.807, 2.05) is 22.7 Å². The third-order valence-electron chi connectivity index (χ3n) is 14.7. The lowest BCUT2D eigenvalue weighted by atomic mass is 9.43. The van der Waals surface area contributed by atoms with Crippen LogP contribution in [0.5, 0.6) is 0 Å². The fourth-order valence-corrected chi connectivity index (χ4v) is 15.1. The van der Waals surface area contributed by atoms with Crippen molar-refractivity contribution in [1.29, 1.82) is 0 Å². The molecule has 4 fully saturated rings. The highest BCUT2D eigenvalue weighted by Gasteiger charge is 2.61. The molecule has 0 aliphatic heterocycles. The second-order valence-electron chi connectivity index (χ2n) is 17.5. The number of benzene rings is 7. The number of hydrogen-bond acceptors (Lipinski definition) is 5. The Labute approximate surface area is 344 Å². The molecule has 0 atom stereocenters. The van der Waals surface area contributed by atoms with Gasteiger partial charge in [0.25, 0.3) is 0 Å².